The summed E-state index contributed by atoms with van der Waals surface area (Å²) in [6.07, 6.45) is 0.750. The van der Waals surface area contributed by atoms with Crippen molar-refractivity contribution in [1.82, 2.24) is 0 Å². The molecule has 2 heterocycles. The molecule has 2 aromatic rings. The number of hydrogen-bond donors (Lipinski definition) is 2. The van der Waals surface area contributed by atoms with E-state index in [9.17, 15) is 4.79 Å². The van der Waals surface area contributed by atoms with Crippen LogP contribution in [0.2, 0.25) is 0 Å². The van der Waals surface area contributed by atoms with Gasteiger partial charge in [-0.15, -0.1) is 11.3 Å². The lowest BCUT2D eigenvalue weighted by molar-refractivity contribution is -0.117. The average Bonchev–Trinajstić information content (AvgIpc) is 2.91. The molecule has 1 amide bonds. The lowest BCUT2D eigenvalue weighted by Crippen LogP contribution is -2.13. The number of nitrogens with one attached hydrogen (secondary N) is 1. The van der Waals surface area contributed by atoms with Gasteiger partial charge in [-0.1, -0.05) is 18.2 Å². The largest absolute Gasteiger partial charge is 0.397 e. The molecule has 0 bridgehead atoms. The van der Waals surface area contributed by atoms with Crippen molar-refractivity contribution in [3.8, 4) is 0 Å². The summed E-state index contributed by atoms with van der Waals surface area (Å²) in [5.41, 5.74) is 8.31. The van der Waals surface area contributed by atoms with Crippen LogP contribution in [-0.2, 0) is 11.2 Å². The Hall–Kier alpha value is -1.81. The minimum absolute atomic E-state index is 0.0475. The normalized spacial score (nSPS) is 17.9. The number of hydrogen-bond acceptors (Lipinski definition) is 3. The molecule has 17 heavy (non-hydrogen) atoms. The molecule has 1 unspecified atom stereocenters. The maximum atomic E-state index is 11.9. The first-order valence-corrected chi connectivity index (χ1v) is 6.35. The van der Waals surface area contributed by atoms with E-state index in [2.05, 4.69) is 11.4 Å². The summed E-state index contributed by atoms with van der Waals surface area (Å²) in [5, 5.41) is 4.90. The van der Waals surface area contributed by atoms with Gasteiger partial charge in [-0.05, 0) is 29.5 Å². The topological polar surface area (TPSA) is 55.1 Å². The van der Waals surface area contributed by atoms with E-state index in [4.69, 9.17) is 5.73 Å². The molecule has 1 aliphatic heterocycles. The summed E-state index contributed by atoms with van der Waals surface area (Å²) in [6.45, 7) is 0. The third-order valence-electron chi connectivity index (χ3n) is 3.05. The van der Waals surface area contributed by atoms with Crippen LogP contribution in [0.5, 0.6) is 0 Å². The van der Waals surface area contributed by atoms with Crippen LogP contribution in [0, 0.1) is 0 Å². The van der Waals surface area contributed by atoms with Gasteiger partial charge in [0, 0.05) is 4.88 Å². The zero-order chi connectivity index (χ0) is 11.8. The number of para-hydroxylation sites is 1. The van der Waals surface area contributed by atoms with E-state index in [1.807, 2.05) is 29.6 Å². The highest BCUT2D eigenvalue weighted by atomic mass is 32.1. The van der Waals surface area contributed by atoms with Crippen LogP contribution in [0.1, 0.15) is 16.4 Å². The Labute approximate surface area is 103 Å². The van der Waals surface area contributed by atoms with Crippen LogP contribution in [0.15, 0.2) is 35.7 Å². The van der Waals surface area contributed by atoms with Gasteiger partial charge in [0.25, 0.3) is 0 Å². The van der Waals surface area contributed by atoms with Crippen LogP contribution in [0.3, 0.4) is 0 Å². The second-order valence-corrected chi connectivity index (χ2v) is 5.17. The Morgan fingerprint density at radius 2 is 2.18 bits per heavy atom. The average molecular weight is 244 g/mol. The molecule has 0 fully saturated rings. The fraction of sp³-hybridized carbons (Fsp3) is 0.154. The standard InChI is InChI=1S/C13H12N2OS/c14-11-5-1-4-9-10(13(16)15-12(9)11)7-8-3-2-6-17-8/h1-6,10H,7,14H2,(H,15,16). The van der Waals surface area contributed by atoms with E-state index in [0.29, 0.717) is 5.69 Å². The van der Waals surface area contributed by atoms with Crippen LogP contribution < -0.4 is 11.1 Å². The number of carbonyl (C=O) groups excluding carboxylic acids is 1. The zero-order valence-corrected chi connectivity index (χ0v) is 9.96. The quantitative estimate of drug-likeness (QED) is 0.798. The monoisotopic (exact) mass is 244 g/mol. The van der Waals surface area contributed by atoms with Crippen LogP contribution in [0.25, 0.3) is 0 Å². The second-order valence-electron chi connectivity index (χ2n) is 4.14. The number of carbonyl (C=O) groups is 1. The number of fused-ring (bicyclic) bond motifs is 1. The minimum atomic E-state index is -0.104. The van der Waals surface area contributed by atoms with Gasteiger partial charge < -0.3 is 11.1 Å². The fourth-order valence-electron chi connectivity index (χ4n) is 2.21. The summed E-state index contributed by atoms with van der Waals surface area (Å²) in [4.78, 5) is 13.2. The molecule has 1 aromatic carbocycles. The van der Waals surface area contributed by atoms with E-state index in [1.54, 1.807) is 11.3 Å². The number of nitrogen functional groups attached to an aromatic ring is 1. The van der Waals surface area contributed by atoms with Gasteiger partial charge in [-0.2, -0.15) is 0 Å². The molecule has 3 rings (SSSR count). The Balaban J connectivity index is 1.97. The molecule has 1 atom stereocenters. The molecule has 0 aliphatic carbocycles. The Morgan fingerprint density at radius 3 is 2.94 bits per heavy atom. The molecule has 0 spiro atoms. The number of anilines is 2. The molecule has 3 N–H and O–H groups in total. The maximum absolute atomic E-state index is 11.9. The second kappa shape index (κ2) is 3.89. The summed E-state index contributed by atoms with van der Waals surface area (Å²) in [6, 6.07) is 9.75. The maximum Gasteiger partial charge on any atom is 0.232 e. The number of benzene rings is 1. The van der Waals surface area contributed by atoms with E-state index in [1.165, 1.54) is 4.88 Å². The molecule has 3 nitrogen and oxygen atoms in total. The van der Waals surface area contributed by atoms with Gasteiger partial charge in [0.15, 0.2) is 0 Å². The SMILES string of the molecule is Nc1cccc2c1NC(=O)C2Cc1cccs1. The molecule has 0 saturated heterocycles. The van der Waals surface area contributed by atoms with Crippen molar-refractivity contribution >= 4 is 28.6 Å². The van der Waals surface area contributed by atoms with Gasteiger partial charge in [0.05, 0.1) is 17.3 Å². The van der Waals surface area contributed by atoms with E-state index in [-0.39, 0.29) is 11.8 Å². The van der Waals surface area contributed by atoms with Gasteiger partial charge in [-0.25, -0.2) is 0 Å². The summed E-state index contributed by atoms with van der Waals surface area (Å²) >= 11 is 1.68. The van der Waals surface area contributed by atoms with E-state index in [0.717, 1.165) is 17.7 Å². The summed E-state index contributed by atoms with van der Waals surface area (Å²) < 4.78 is 0. The van der Waals surface area contributed by atoms with Crippen molar-refractivity contribution in [3.63, 3.8) is 0 Å². The zero-order valence-electron chi connectivity index (χ0n) is 9.14. The predicted molar refractivity (Wildman–Crippen MR) is 70.2 cm³/mol. The first-order chi connectivity index (χ1) is 8.25. The van der Waals surface area contributed by atoms with Crippen molar-refractivity contribution in [2.45, 2.75) is 12.3 Å². The molecular weight excluding hydrogens is 232 g/mol. The third-order valence-corrected chi connectivity index (χ3v) is 3.95. The smallest absolute Gasteiger partial charge is 0.232 e. The highest BCUT2D eigenvalue weighted by Gasteiger charge is 2.31. The molecular formula is C13H12N2OS. The minimum Gasteiger partial charge on any atom is -0.397 e. The van der Waals surface area contributed by atoms with Crippen molar-refractivity contribution in [2.75, 3.05) is 11.1 Å². The lowest BCUT2D eigenvalue weighted by Gasteiger charge is -2.07. The van der Waals surface area contributed by atoms with Crippen LogP contribution in [-0.4, -0.2) is 5.91 Å². The Kier molecular flexibility index (Phi) is 2.37. The van der Waals surface area contributed by atoms with E-state index >= 15 is 0 Å². The first-order valence-electron chi connectivity index (χ1n) is 5.47. The summed E-state index contributed by atoms with van der Waals surface area (Å²) in [7, 11) is 0. The fourth-order valence-corrected chi connectivity index (χ4v) is 2.96. The van der Waals surface area contributed by atoms with Gasteiger partial charge in [0.1, 0.15) is 0 Å². The van der Waals surface area contributed by atoms with Crippen LogP contribution in [0.4, 0.5) is 11.4 Å². The Morgan fingerprint density at radius 1 is 1.29 bits per heavy atom. The molecule has 0 radical (unpaired) electrons. The first kappa shape index (κ1) is 10.4. The molecule has 0 saturated carbocycles. The number of thiophene rings is 1. The summed E-state index contributed by atoms with van der Waals surface area (Å²) in [5.74, 6) is -0.0570. The van der Waals surface area contributed by atoms with Gasteiger partial charge in [0.2, 0.25) is 5.91 Å². The molecule has 86 valence electrons. The molecule has 4 heteroatoms. The molecule has 1 aromatic heterocycles. The number of amides is 1. The van der Waals surface area contributed by atoms with Gasteiger partial charge in [-0.3, -0.25) is 4.79 Å². The van der Waals surface area contributed by atoms with Crippen LogP contribution >= 0.6 is 11.3 Å². The van der Waals surface area contributed by atoms with Crippen molar-refractivity contribution < 1.29 is 4.79 Å². The predicted octanol–water partition coefficient (Wildman–Crippen LogP) is 2.61. The van der Waals surface area contributed by atoms with Crippen molar-refractivity contribution in [2.24, 2.45) is 0 Å². The highest BCUT2D eigenvalue weighted by Crippen LogP contribution is 2.38. The lowest BCUT2D eigenvalue weighted by atomic mass is 9.96. The highest BCUT2D eigenvalue weighted by molar-refractivity contribution is 7.09. The number of rotatable bonds is 2. The third kappa shape index (κ3) is 1.70. The van der Waals surface area contributed by atoms with Crippen molar-refractivity contribution in [1.29, 1.82) is 0 Å². The van der Waals surface area contributed by atoms with Crippen molar-refractivity contribution in [3.05, 3.63) is 46.2 Å². The van der Waals surface area contributed by atoms with Gasteiger partial charge >= 0.3 is 0 Å². The van der Waals surface area contributed by atoms with E-state index < -0.39 is 0 Å². The Bertz CT molecular complexity index is 563. The molecule has 1 aliphatic rings. The number of nitrogens with two attached hydrogens (primary N) is 1.